The molecule has 0 amide bonds. The van der Waals surface area contributed by atoms with Crippen LogP contribution in [0, 0.1) is 12.8 Å². The van der Waals surface area contributed by atoms with Crippen LogP contribution in [0.5, 0.6) is 0 Å². The summed E-state index contributed by atoms with van der Waals surface area (Å²) in [5.74, 6) is 2.13. The van der Waals surface area contributed by atoms with E-state index in [0.717, 1.165) is 18.5 Å². The van der Waals surface area contributed by atoms with Gasteiger partial charge in [-0.15, -0.1) is 11.8 Å². The molecule has 0 aliphatic heterocycles. The zero-order chi connectivity index (χ0) is 12.1. The molecule has 0 bridgehead atoms. The van der Waals surface area contributed by atoms with Gasteiger partial charge in [0.05, 0.1) is 5.56 Å². The number of carbonyl (C=O) groups excluding carboxylic acids is 1. The number of aromatic nitrogens is 2. The molecule has 0 spiro atoms. The van der Waals surface area contributed by atoms with Crippen LogP contribution in [0.4, 0.5) is 0 Å². The van der Waals surface area contributed by atoms with Crippen molar-refractivity contribution in [3.05, 3.63) is 16.5 Å². The summed E-state index contributed by atoms with van der Waals surface area (Å²) >= 11 is 7.45. The predicted molar refractivity (Wildman–Crippen MR) is 67.3 cm³/mol. The van der Waals surface area contributed by atoms with Crippen LogP contribution in [0.15, 0.2) is 5.03 Å². The third-order valence-electron chi connectivity index (χ3n) is 2.30. The van der Waals surface area contributed by atoms with Gasteiger partial charge < -0.3 is 0 Å². The van der Waals surface area contributed by atoms with Gasteiger partial charge in [0.1, 0.15) is 16.0 Å². The number of carbonyl (C=O) groups is 1. The molecule has 5 heteroatoms. The molecule has 1 aromatic heterocycles. The van der Waals surface area contributed by atoms with Crippen molar-refractivity contribution in [2.45, 2.75) is 32.2 Å². The summed E-state index contributed by atoms with van der Waals surface area (Å²) in [5.41, 5.74) is 0.403. The van der Waals surface area contributed by atoms with Crippen molar-refractivity contribution >= 4 is 29.6 Å². The van der Waals surface area contributed by atoms with Crippen LogP contribution in [0.2, 0.25) is 5.15 Å². The van der Waals surface area contributed by atoms with Crippen LogP contribution in [-0.4, -0.2) is 22.0 Å². The molecule has 0 fully saturated rings. The van der Waals surface area contributed by atoms with Crippen LogP contribution in [0.1, 0.15) is 36.5 Å². The van der Waals surface area contributed by atoms with E-state index in [9.17, 15) is 4.79 Å². The summed E-state index contributed by atoms with van der Waals surface area (Å²) in [5, 5.41) is 0.932. The summed E-state index contributed by atoms with van der Waals surface area (Å²) < 4.78 is 0. The lowest BCUT2D eigenvalue weighted by Crippen LogP contribution is -2.01. The first kappa shape index (κ1) is 13.5. The largest absolute Gasteiger partial charge is 0.298 e. The number of hydrogen-bond acceptors (Lipinski definition) is 4. The van der Waals surface area contributed by atoms with Crippen LogP contribution < -0.4 is 0 Å². The van der Waals surface area contributed by atoms with Crippen molar-refractivity contribution in [1.29, 1.82) is 0 Å². The molecule has 1 heterocycles. The minimum absolute atomic E-state index is 0.245. The number of rotatable bonds is 5. The summed E-state index contributed by atoms with van der Waals surface area (Å²) in [7, 11) is 0. The Morgan fingerprint density at radius 1 is 1.50 bits per heavy atom. The van der Waals surface area contributed by atoms with Crippen molar-refractivity contribution in [1.82, 2.24) is 9.97 Å². The Morgan fingerprint density at radius 2 is 2.19 bits per heavy atom. The monoisotopic (exact) mass is 258 g/mol. The quantitative estimate of drug-likeness (QED) is 0.461. The Bertz CT molecular complexity index is 384. The van der Waals surface area contributed by atoms with E-state index >= 15 is 0 Å². The minimum Gasteiger partial charge on any atom is -0.298 e. The predicted octanol–water partition coefficient (Wildman–Crippen LogP) is 3.39. The molecule has 0 aliphatic carbocycles. The Labute approximate surface area is 105 Å². The number of thioether (sulfide) groups is 1. The van der Waals surface area contributed by atoms with E-state index in [0.29, 0.717) is 22.3 Å². The first-order valence-corrected chi connectivity index (χ1v) is 6.57. The van der Waals surface area contributed by atoms with Gasteiger partial charge >= 0.3 is 0 Å². The molecule has 0 saturated carbocycles. The molecular weight excluding hydrogens is 244 g/mol. The van der Waals surface area contributed by atoms with Gasteiger partial charge in [-0.2, -0.15) is 0 Å². The van der Waals surface area contributed by atoms with E-state index in [1.54, 1.807) is 18.7 Å². The van der Waals surface area contributed by atoms with Crippen molar-refractivity contribution in [2.75, 3.05) is 5.75 Å². The van der Waals surface area contributed by atoms with Gasteiger partial charge in [-0.1, -0.05) is 31.9 Å². The van der Waals surface area contributed by atoms with Crippen molar-refractivity contribution in [2.24, 2.45) is 5.92 Å². The molecular formula is C11H15ClN2OS. The second-order valence-corrected chi connectivity index (χ2v) is 5.09. The SMILES string of the molecule is CCC(C)CSc1nc(C)nc(Cl)c1C=O. The molecule has 0 aromatic carbocycles. The highest BCUT2D eigenvalue weighted by Gasteiger charge is 2.12. The van der Waals surface area contributed by atoms with E-state index < -0.39 is 0 Å². The molecule has 88 valence electrons. The molecule has 16 heavy (non-hydrogen) atoms. The van der Waals surface area contributed by atoms with Crippen molar-refractivity contribution in [3.8, 4) is 0 Å². The van der Waals surface area contributed by atoms with E-state index in [1.165, 1.54) is 0 Å². The topological polar surface area (TPSA) is 42.9 Å². The molecule has 1 aromatic rings. The van der Waals surface area contributed by atoms with Gasteiger partial charge in [-0.05, 0) is 12.8 Å². The van der Waals surface area contributed by atoms with E-state index in [2.05, 4.69) is 23.8 Å². The fraction of sp³-hybridized carbons (Fsp3) is 0.545. The third kappa shape index (κ3) is 3.46. The molecule has 1 rings (SSSR count). The van der Waals surface area contributed by atoms with Crippen LogP contribution in [0.25, 0.3) is 0 Å². The first-order chi connectivity index (χ1) is 7.58. The normalized spacial score (nSPS) is 12.5. The zero-order valence-corrected chi connectivity index (χ0v) is 11.2. The highest BCUT2D eigenvalue weighted by atomic mass is 35.5. The fourth-order valence-electron chi connectivity index (χ4n) is 1.07. The standard InChI is InChI=1S/C11H15ClN2OS/c1-4-7(2)6-16-11-9(5-15)10(12)13-8(3)14-11/h5,7H,4,6H2,1-3H3. The molecule has 0 radical (unpaired) electrons. The number of halogens is 1. The lowest BCUT2D eigenvalue weighted by atomic mass is 10.2. The van der Waals surface area contributed by atoms with Crippen LogP contribution >= 0.6 is 23.4 Å². The third-order valence-corrected chi connectivity index (χ3v) is 3.90. The number of nitrogens with zero attached hydrogens (tertiary/aromatic N) is 2. The molecule has 0 saturated heterocycles. The Morgan fingerprint density at radius 3 is 2.75 bits per heavy atom. The Hall–Kier alpha value is -0.610. The second kappa shape index (κ2) is 6.21. The Kier molecular flexibility index (Phi) is 5.22. The highest BCUT2D eigenvalue weighted by molar-refractivity contribution is 7.99. The summed E-state index contributed by atoms with van der Waals surface area (Å²) in [4.78, 5) is 19.1. The van der Waals surface area contributed by atoms with E-state index in [4.69, 9.17) is 11.6 Å². The zero-order valence-electron chi connectivity index (χ0n) is 9.66. The summed E-state index contributed by atoms with van der Waals surface area (Å²) in [6.45, 7) is 6.08. The van der Waals surface area contributed by atoms with Gasteiger partial charge in [0.2, 0.25) is 0 Å². The fourth-order valence-corrected chi connectivity index (χ4v) is 2.56. The summed E-state index contributed by atoms with van der Waals surface area (Å²) in [6.07, 6.45) is 1.84. The van der Waals surface area contributed by atoms with Gasteiger partial charge in [0.15, 0.2) is 6.29 Å². The molecule has 1 unspecified atom stereocenters. The van der Waals surface area contributed by atoms with Crippen molar-refractivity contribution < 1.29 is 4.79 Å². The van der Waals surface area contributed by atoms with Gasteiger partial charge in [0, 0.05) is 5.75 Å². The van der Waals surface area contributed by atoms with Gasteiger partial charge in [0.25, 0.3) is 0 Å². The molecule has 0 N–H and O–H groups in total. The maximum Gasteiger partial charge on any atom is 0.155 e. The minimum atomic E-state index is 0.245. The van der Waals surface area contributed by atoms with Crippen molar-refractivity contribution in [3.63, 3.8) is 0 Å². The average molecular weight is 259 g/mol. The lowest BCUT2D eigenvalue weighted by Gasteiger charge is -2.09. The number of aryl methyl sites for hydroxylation is 1. The number of hydrogen-bond donors (Lipinski definition) is 0. The number of aldehydes is 1. The maximum atomic E-state index is 10.9. The van der Waals surface area contributed by atoms with Gasteiger partial charge in [-0.3, -0.25) is 4.79 Å². The van der Waals surface area contributed by atoms with Gasteiger partial charge in [-0.25, -0.2) is 9.97 Å². The average Bonchev–Trinajstić information content (AvgIpc) is 2.25. The van der Waals surface area contributed by atoms with E-state index in [1.807, 2.05) is 0 Å². The molecule has 0 aliphatic rings. The smallest absolute Gasteiger partial charge is 0.155 e. The van der Waals surface area contributed by atoms with E-state index in [-0.39, 0.29) is 5.15 Å². The second-order valence-electron chi connectivity index (χ2n) is 3.72. The summed E-state index contributed by atoms with van der Waals surface area (Å²) in [6, 6.07) is 0. The Balaban J connectivity index is 2.89. The van der Waals surface area contributed by atoms with Crippen LogP contribution in [-0.2, 0) is 0 Å². The first-order valence-electron chi connectivity index (χ1n) is 5.20. The lowest BCUT2D eigenvalue weighted by molar-refractivity contribution is 0.112. The highest BCUT2D eigenvalue weighted by Crippen LogP contribution is 2.26. The maximum absolute atomic E-state index is 10.9. The van der Waals surface area contributed by atoms with Crippen LogP contribution in [0.3, 0.4) is 0 Å². The molecule has 3 nitrogen and oxygen atoms in total. The molecule has 1 atom stereocenters.